The lowest BCUT2D eigenvalue weighted by atomic mass is 9.87. The second-order valence-corrected chi connectivity index (χ2v) is 35.2. The molecule has 4 fully saturated rings. The molecular weight excluding hydrogens is 1870 g/mol. The third-order valence-electron chi connectivity index (χ3n) is 24.4. The van der Waals surface area contributed by atoms with Crippen molar-refractivity contribution in [2.24, 2.45) is 17.8 Å². The van der Waals surface area contributed by atoms with Crippen LogP contribution in [0.5, 0.6) is 0 Å². The van der Waals surface area contributed by atoms with Gasteiger partial charge in [-0.3, -0.25) is 38.7 Å². The zero-order valence-electron chi connectivity index (χ0n) is 78.2. The van der Waals surface area contributed by atoms with Crippen molar-refractivity contribution in [3.63, 3.8) is 0 Å². The lowest BCUT2D eigenvalue weighted by Gasteiger charge is -2.40. The second kappa shape index (κ2) is 42.9. The number of hydrogen-bond donors (Lipinski definition) is 1. The predicted octanol–water partition coefficient (Wildman–Crippen LogP) is 14.9. The Kier molecular flexibility index (Phi) is 30.5. The Balaban J connectivity index is 0.000000144. The number of pyridine rings is 2. The number of esters is 1. The Hall–Kier alpha value is -15.7. The van der Waals surface area contributed by atoms with Gasteiger partial charge in [0, 0.05) is 137 Å². The summed E-state index contributed by atoms with van der Waals surface area (Å²) >= 11 is 0. The summed E-state index contributed by atoms with van der Waals surface area (Å²) in [5, 5.41) is 27.7. The highest BCUT2D eigenvalue weighted by Gasteiger charge is 2.42. The van der Waals surface area contributed by atoms with Crippen molar-refractivity contribution in [1.82, 2.24) is 103 Å². The largest absolute Gasteiger partial charge is 0.469 e. The number of fused-ring (bicyclic) bond motifs is 4. The molecule has 33 nitrogen and oxygen atoms in total. The number of piperidine rings is 1. The molecule has 10 aromatic heterocycles. The first-order valence-corrected chi connectivity index (χ1v) is 45.3. The number of rotatable bonds is 16. The molecule has 18 rings (SSSR count). The summed E-state index contributed by atoms with van der Waals surface area (Å²) in [4.78, 5) is 138. The second-order valence-electron chi connectivity index (χ2n) is 35.2. The minimum absolute atomic E-state index is 0.00122. The number of methoxy groups -OCH3 is 1. The van der Waals surface area contributed by atoms with Gasteiger partial charge in [0.05, 0.1) is 66.3 Å². The first-order chi connectivity index (χ1) is 67.7. The van der Waals surface area contributed by atoms with Gasteiger partial charge in [-0.15, -0.1) is 0 Å². The molecule has 0 saturated carbocycles. The van der Waals surface area contributed by atoms with Gasteiger partial charge in [-0.05, 0) is 210 Å². The fourth-order valence-corrected chi connectivity index (χ4v) is 17.0. The number of aliphatic hydroxyl groups is 1. The highest BCUT2D eigenvalue weighted by Crippen LogP contribution is 2.38. The molecule has 14 heterocycles. The van der Waals surface area contributed by atoms with Crippen molar-refractivity contribution >= 4 is 70.3 Å². The Labute approximate surface area is 805 Å². The number of ether oxygens (including phenoxy) is 3. The van der Waals surface area contributed by atoms with E-state index in [1.165, 1.54) is 75.2 Å². The molecule has 4 aliphatic rings. The first-order valence-electron chi connectivity index (χ1n) is 45.3. The average molecular weight is 1960 g/mol. The molecule has 0 unspecified atom stereocenters. The van der Waals surface area contributed by atoms with E-state index in [0.29, 0.717) is 79.6 Å². The van der Waals surface area contributed by atoms with Crippen LogP contribution in [0.3, 0.4) is 0 Å². The van der Waals surface area contributed by atoms with E-state index in [1.807, 2.05) is 53.7 Å². The van der Waals surface area contributed by atoms with Crippen LogP contribution in [0.1, 0.15) is 130 Å². The fourth-order valence-electron chi connectivity index (χ4n) is 17.0. The summed E-state index contributed by atoms with van der Waals surface area (Å²) in [7, 11) is 1.39. The minimum Gasteiger partial charge on any atom is -0.469 e. The topological polar surface area (TPSA) is 354 Å². The predicted molar refractivity (Wildman–Crippen MR) is 494 cm³/mol. The lowest BCUT2D eigenvalue weighted by Crippen LogP contribution is -2.57. The number of halogens is 10. The number of aromatic nitrogens is 14. The maximum Gasteiger partial charge on any atom is 0.420 e. The third-order valence-corrected chi connectivity index (χ3v) is 24.4. The molecule has 1 N–H and O–H groups in total. The number of piperazine rings is 3. The molecule has 4 aromatic carbocycles. The van der Waals surface area contributed by atoms with Gasteiger partial charge in [0.25, 0.3) is 29.5 Å². The SMILES string of the molecule is COC(=O)[C@@H]1CCN(C(=O)c2cn3nc(-c4ccc(F)cc4)cc(C)c3n2)C[C@@H]1C.C[C@H]1CN(C(=O)c2cn3nc(-c4ccc(F)cc4)cc(C(F)(F)F)c3n2)CCN1C(=O)OCc1ccccn1.C[C@H]1CN(C(=O)c2cn3nc(-c4ccc(F)cc4)cc(C(F)(F)F)c3n2)CCN1C(=O)OCc1cccnc1.Cc1cc(-c2ccc(F)cc2)nn2cc(C(=O)N3CCN(C(=O)[C@H](O)CC(C)C)[C@@H](C)C3)nc12. The van der Waals surface area contributed by atoms with E-state index in [0.717, 1.165) is 85.6 Å². The van der Waals surface area contributed by atoms with Crippen LogP contribution in [0.4, 0.5) is 53.5 Å². The summed E-state index contributed by atoms with van der Waals surface area (Å²) < 4.78 is 157. The summed E-state index contributed by atoms with van der Waals surface area (Å²) in [6, 6.07) is 35.0. The highest BCUT2D eigenvalue weighted by molar-refractivity contribution is 5.96. The Morgan fingerprint density at radius 3 is 1.15 bits per heavy atom. The quantitative estimate of drug-likeness (QED) is 0.0533. The molecular formula is C99H97F10N21O12. The molecule has 0 spiro atoms. The van der Waals surface area contributed by atoms with Gasteiger partial charge in [-0.25, -0.2) is 65.1 Å². The normalized spacial score (nSPS) is 17.0. The van der Waals surface area contributed by atoms with Crippen molar-refractivity contribution in [2.75, 3.05) is 79.1 Å². The van der Waals surface area contributed by atoms with Gasteiger partial charge in [-0.1, -0.05) is 32.9 Å². The van der Waals surface area contributed by atoms with Crippen LogP contribution in [-0.2, 0) is 49.4 Å². The molecule has 7 amide bonds. The van der Waals surface area contributed by atoms with Crippen molar-refractivity contribution in [2.45, 2.75) is 118 Å². The van der Waals surface area contributed by atoms with E-state index in [1.54, 1.807) is 123 Å². The Morgan fingerprint density at radius 2 is 0.803 bits per heavy atom. The zero-order valence-corrected chi connectivity index (χ0v) is 78.2. The zero-order chi connectivity index (χ0) is 101. The van der Waals surface area contributed by atoms with E-state index in [-0.39, 0.29) is 151 Å². The Morgan fingerprint density at radius 1 is 0.437 bits per heavy atom. The van der Waals surface area contributed by atoms with Gasteiger partial charge in [0.15, 0.2) is 22.6 Å². The van der Waals surface area contributed by atoms with Crippen molar-refractivity contribution in [3.05, 3.63) is 275 Å². The van der Waals surface area contributed by atoms with E-state index in [2.05, 4.69) is 50.3 Å². The molecule has 14 aromatic rings. The average Bonchev–Trinajstić information content (AvgIpc) is 1.61. The summed E-state index contributed by atoms with van der Waals surface area (Å²) in [5.74, 6) is -3.77. The summed E-state index contributed by atoms with van der Waals surface area (Å²) in [5.41, 5.74) is 4.44. The molecule has 4 saturated heterocycles. The number of nitrogens with zero attached hydrogens (tertiary/aromatic N) is 21. The maximum absolute atomic E-state index is 13.9. The molecule has 740 valence electrons. The van der Waals surface area contributed by atoms with E-state index in [9.17, 15) is 87.4 Å². The lowest BCUT2D eigenvalue weighted by molar-refractivity contribution is -0.149. The number of benzene rings is 4. The number of carbonyl (C=O) groups is 8. The number of aliphatic hydroxyl groups excluding tert-OH is 1. The van der Waals surface area contributed by atoms with Gasteiger partial charge in [0.1, 0.15) is 76.5 Å². The highest BCUT2D eigenvalue weighted by atomic mass is 19.4. The summed E-state index contributed by atoms with van der Waals surface area (Å²) in [6.45, 7) is 18.0. The number of amides is 7. The molecule has 4 aliphatic heterocycles. The van der Waals surface area contributed by atoms with Crippen molar-refractivity contribution in [3.8, 4) is 45.0 Å². The number of hydrogen-bond acceptors (Lipinski definition) is 22. The monoisotopic (exact) mass is 1960 g/mol. The molecule has 0 radical (unpaired) electrons. The van der Waals surface area contributed by atoms with E-state index < -0.39 is 88.6 Å². The van der Waals surface area contributed by atoms with Crippen LogP contribution in [0, 0.1) is 54.9 Å². The number of carbonyl (C=O) groups excluding carboxylic acids is 8. The van der Waals surface area contributed by atoms with Crippen molar-refractivity contribution in [1.29, 1.82) is 0 Å². The van der Waals surface area contributed by atoms with Gasteiger partial charge in [-0.2, -0.15) is 46.7 Å². The molecule has 6 atom stereocenters. The Bertz CT molecular complexity index is 6750. The number of aryl methyl sites for hydroxylation is 2. The van der Waals surface area contributed by atoms with Crippen LogP contribution in [0.15, 0.2) is 195 Å². The standard InChI is InChI=1S/2C26H22F4N6O3.C25H30FN5O3.C22H23FN4O3/c1-16-13-34(9-10-35(16)25(38)39-15-17-3-2-8-31-12-17)24(37)22-14-36-23(32-22)20(26(28,29)30)11-21(33-36)18-4-6-19(27)7-5-18;1-16-13-34(10-11-35(16)25(38)39-15-19-4-2-3-9-31-19)24(37)22-14-36-23(32-22)20(26(28,29)30)12-21(33-36)17-5-7-18(27)8-6-17;1-15(2)11-22(32)25(34)30-10-9-29(13-17(30)4)24(33)21-14-31-23(27-21)16(3)12-20(28-31)18-5-7-19(26)8-6-18;1-13-10-18(15-4-6-16(23)7-5-15)25-27-12-19(24-20(13)27)21(28)26-9-8-17(14(2)11-26)22(29)30-3/h2-8,11-12,14,16H,9-10,13,15H2,1H3;2-9,12,14,16H,10-11,13,15H2,1H3;5-8,12,14-15,17,22,32H,9-11,13H2,1-4H3;4-7,10,12,14,17H,8-9,11H2,1-3H3/t2*16-;17-,22+;14-,17+/m0000/s1. The molecule has 0 bridgehead atoms. The smallest absolute Gasteiger partial charge is 0.420 e. The van der Waals surface area contributed by atoms with Crippen molar-refractivity contribution < 1.29 is 102 Å². The first kappa shape index (κ1) is 101. The molecule has 43 heteroatoms. The van der Waals surface area contributed by atoms with Crippen LogP contribution < -0.4 is 0 Å². The maximum atomic E-state index is 13.9. The van der Waals surface area contributed by atoms with Crippen LogP contribution in [-0.4, -0.2) is 259 Å². The van der Waals surface area contributed by atoms with Gasteiger partial charge in [0.2, 0.25) is 0 Å². The minimum atomic E-state index is -4.78. The molecule has 142 heavy (non-hydrogen) atoms. The van der Waals surface area contributed by atoms with Crippen LogP contribution >= 0.6 is 0 Å². The number of imidazole rings is 4. The molecule has 0 aliphatic carbocycles. The fraction of sp³-hybridized carbons (Fsp3) is 0.333. The van der Waals surface area contributed by atoms with Gasteiger partial charge < -0.3 is 53.6 Å². The van der Waals surface area contributed by atoms with Crippen LogP contribution in [0.2, 0.25) is 0 Å². The third kappa shape index (κ3) is 23.4. The van der Waals surface area contributed by atoms with E-state index >= 15 is 0 Å². The number of likely N-dealkylation sites (tertiary alicyclic amines) is 1. The van der Waals surface area contributed by atoms with Crippen LogP contribution in [0.25, 0.3) is 67.6 Å². The van der Waals surface area contributed by atoms with Gasteiger partial charge >= 0.3 is 30.5 Å². The number of alkyl halides is 6. The van der Waals surface area contributed by atoms with E-state index in [4.69, 9.17) is 14.2 Å². The summed E-state index contributed by atoms with van der Waals surface area (Å²) in [6.07, 6.45) is -0.407.